The van der Waals surface area contributed by atoms with E-state index in [1.807, 2.05) is 0 Å². The lowest BCUT2D eigenvalue weighted by atomic mass is 10.1. The summed E-state index contributed by atoms with van der Waals surface area (Å²) in [5, 5.41) is 8.20. The second-order valence-corrected chi connectivity index (χ2v) is 6.15. The van der Waals surface area contributed by atoms with Crippen LogP contribution in [0.5, 0.6) is 0 Å². The Morgan fingerprint density at radius 1 is 1.33 bits per heavy atom. The van der Waals surface area contributed by atoms with Gasteiger partial charge in [0.1, 0.15) is 0 Å². The lowest BCUT2D eigenvalue weighted by molar-refractivity contribution is 0.101. The number of ether oxygens (including phenoxy) is 1. The first-order valence-corrected chi connectivity index (χ1v) is 8.57. The molecule has 0 amide bonds. The van der Waals surface area contributed by atoms with Gasteiger partial charge in [0.25, 0.3) is 0 Å². The molecular formula is C17H31N3O. The van der Waals surface area contributed by atoms with Crippen LogP contribution in [-0.2, 0) is 17.7 Å². The van der Waals surface area contributed by atoms with Gasteiger partial charge in [-0.2, -0.15) is 5.10 Å². The average molecular weight is 293 g/mol. The van der Waals surface area contributed by atoms with Gasteiger partial charge < -0.3 is 10.1 Å². The van der Waals surface area contributed by atoms with Crippen LogP contribution in [0, 0.1) is 13.8 Å². The zero-order valence-electron chi connectivity index (χ0n) is 14.0. The van der Waals surface area contributed by atoms with E-state index < -0.39 is 0 Å². The molecule has 1 saturated heterocycles. The number of hydrogen-bond donors (Lipinski definition) is 1. The molecule has 1 aliphatic heterocycles. The minimum Gasteiger partial charge on any atom is -0.378 e. The molecule has 4 nitrogen and oxygen atoms in total. The molecule has 1 N–H and O–H groups in total. The van der Waals surface area contributed by atoms with Gasteiger partial charge in [0.15, 0.2) is 0 Å². The van der Waals surface area contributed by atoms with Gasteiger partial charge >= 0.3 is 0 Å². The number of rotatable bonds is 9. The molecule has 0 spiro atoms. The van der Waals surface area contributed by atoms with Crippen molar-refractivity contribution >= 4 is 0 Å². The summed E-state index contributed by atoms with van der Waals surface area (Å²) in [6.07, 6.45) is 7.60. The standard InChI is InChI=1S/C17H31N3O/c1-4-10-18-11-9-17-14(2)19-20(15(17)3)12-5-7-16-8-6-13-21-16/h16,18H,4-13H2,1-3H3. The van der Waals surface area contributed by atoms with Crippen molar-refractivity contribution in [3.05, 3.63) is 17.0 Å². The zero-order valence-corrected chi connectivity index (χ0v) is 14.0. The van der Waals surface area contributed by atoms with E-state index in [-0.39, 0.29) is 0 Å². The highest BCUT2D eigenvalue weighted by Crippen LogP contribution is 2.18. The van der Waals surface area contributed by atoms with Gasteiger partial charge in [-0.15, -0.1) is 0 Å². The molecule has 21 heavy (non-hydrogen) atoms. The van der Waals surface area contributed by atoms with Crippen molar-refractivity contribution in [3.63, 3.8) is 0 Å². The third-order valence-corrected chi connectivity index (χ3v) is 4.43. The molecule has 120 valence electrons. The molecule has 1 atom stereocenters. The molecule has 2 heterocycles. The Balaban J connectivity index is 1.79. The lowest BCUT2D eigenvalue weighted by Gasteiger charge is -2.10. The summed E-state index contributed by atoms with van der Waals surface area (Å²) in [6.45, 7) is 10.7. The summed E-state index contributed by atoms with van der Waals surface area (Å²) < 4.78 is 7.88. The first-order valence-electron chi connectivity index (χ1n) is 8.57. The van der Waals surface area contributed by atoms with Crippen LogP contribution in [0.25, 0.3) is 0 Å². The van der Waals surface area contributed by atoms with Gasteiger partial charge in [-0.25, -0.2) is 0 Å². The van der Waals surface area contributed by atoms with E-state index in [0.29, 0.717) is 6.10 Å². The molecule has 0 aromatic carbocycles. The van der Waals surface area contributed by atoms with Gasteiger partial charge in [0.2, 0.25) is 0 Å². The molecule has 1 aliphatic rings. The number of nitrogens with zero attached hydrogens (tertiary/aromatic N) is 2. The summed E-state index contributed by atoms with van der Waals surface area (Å²) in [5.74, 6) is 0. The lowest BCUT2D eigenvalue weighted by Crippen LogP contribution is -2.18. The molecule has 1 aromatic rings. The van der Waals surface area contributed by atoms with Crippen LogP contribution in [0.2, 0.25) is 0 Å². The normalized spacial score (nSPS) is 18.5. The summed E-state index contributed by atoms with van der Waals surface area (Å²) >= 11 is 0. The topological polar surface area (TPSA) is 39.1 Å². The highest BCUT2D eigenvalue weighted by Gasteiger charge is 2.16. The van der Waals surface area contributed by atoms with Crippen molar-refractivity contribution in [2.45, 2.75) is 71.9 Å². The highest BCUT2D eigenvalue weighted by molar-refractivity contribution is 5.24. The van der Waals surface area contributed by atoms with Crippen molar-refractivity contribution in [1.29, 1.82) is 0 Å². The Morgan fingerprint density at radius 3 is 2.90 bits per heavy atom. The highest BCUT2D eigenvalue weighted by atomic mass is 16.5. The fraction of sp³-hybridized carbons (Fsp3) is 0.824. The van der Waals surface area contributed by atoms with Crippen molar-refractivity contribution in [2.24, 2.45) is 0 Å². The van der Waals surface area contributed by atoms with Gasteiger partial charge in [-0.1, -0.05) is 6.92 Å². The smallest absolute Gasteiger partial charge is 0.0628 e. The first kappa shape index (κ1) is 16.5. The number of hydrogen-bond acceptors (Lipinski definition) is 3. The molecule has 0 aliphatic carbocycles. The minimum absolute atomic E-state index is 0.500. The van der Waals surface area contributed by atoms with E-state index in [1.165, 1.54) is 49.1 Å². The molecule has 1 aromatic heterocycles. The molecule has 4 heteroatoms. The predicted octanol–water partition coefficient (Wildman–Crippen LogP) is 3.00. The summed E-state index contributed by atoms with van der Waals surface area (Å²) in [6, 6.07) is 0. The van der Waals surface area contributed by atoms with Crippen LogP contribution >= 0.6 is 0 Å². The van der Waals surface area contributed by atoms with Crippen LogP contribution in [-0.4, -0.2) is 35.6 Å². The van der Waals surface area contributed by atoms with Gasteiger partial charge in [0, 0.05) is 18.8 Å². The Labute approximate surface area is 129 Å². The fourth-order valence-corrected chi connectivity index (χ4v) is 3.17. The maximum Gasteiger partial charge on any atom is 0.0628 e. The number of aromatic nitrogens is 2. The monoisotopic (exact) mass is 293 g/mol. The van der Waals surface area contributed by atoms with Crippen molar-refractivity contribution in [3.8, 4) is 0 Å². The molecule has 0 radical (unpaired) electrons. The minimum atomic E-state index is 0.500. The van der Waals surface area contributed by atoms with Crippen molar-refractivity contribution in [1.82, 2.24) is 15.1 Å². The fourth-order valence-electron chi connectivity index (χ4n) is 3.17. The van der Waals surface area contributed by atoms with E-state index in [2.05, 4.69) is 30.8 Å². The third-order valence-electron chi connectivity index (χ3n) is 4.43. The largest absolute Gasteiger partial charge is 0.378 e. The summed E-state index contributed by atoms with van der Waals surface area (Å²) in [4.78, 5) is 0. The van der Waals surface area contributed by atoms with E-state index >= 15 is 0 Å². The molecule has 0 bridgehead atoms. The average Bonchev–Trinajstić information content (AvgIpc) is 3.06. The third kappa shape index (κ3) is 4.82. The Bertz CT molecular complexity index is 422. The van der Waals surface area contributed by atoms with Crippen LogP contribution in [0.1, 0.15) is 56.0 Å². The van der Waals surface area contributed by atoms with Crippen LogP contribution in [0.4, 0.5) is 0 Å². The Kier molecular flexibility index (Phi) is 6.71. The van der Waals surface area contributed by atoms with E-state index in [0.717, 1.165) is 32.7 Å². The number of nitrogens with one attached hydrogen (secondary N) is 1. The Hall–Kier alpha value is -0.870. The Morgan fingerprint density at radius 2 is 2.19 bits per heavy atom. The molecule has 2 rings (SSSR count). The second kappa shape index (κ2) is 8.54. The van der Waals surface area contributed by atoms with Crippen LogP contribution < -0.4 is 5.32 Å². The van der Waals surface area contributed by atoms with Crippen LogP contribution in [0.15, 0.2) is 0 Å². The van der Waals surface area contributed by atoms with Gasteiger partial charge in [-0.05, 0) is 71.0 Å². The van der Waals surface area contributed by atoms with Crippen LogP contribution in [0.3, 0.4) is 0 Å². The van der Waals surface area contributed by atoms with E-state index in [9.17, 15) is 0 Å². The van der Waals surface area contributed by atoms with Crippen molar-refractivity contribution in [2.75, 3.05) is 19.7 Å². The number of aryl methyl sites for hydroxylation is 2. The molecular weight excluding hydrogens is 262 g/mol. The molecule has 0 saturated carbocycles. The molecule has 1 unspecified atom stereocenters. The zero-order chi connectivity index (χ0) is 15.1. The second-order valence-electron chi connectivity index (χ2n) is 6.15. The van der Waals surface area contributed by atoms with Gasteiger partial charge in [-0.3, -0.25) is 4.68 Å². The van der Waals surface area contributed by atoms with Crippen molar-refractivity contribution < 1.29 is 4.74 Å². The molecule has 1 fully saturated rings. The maximum atomic E-state index is 5.69. The summed E-state index contributed by atoms with van der Waals surface area (Å²) in [5.41, 5.74) is 3.97. The quantitative estimate of drug-likeness (QED) is 0.711. The maximum absolute atomic E-state index is 5.69. The predicted molar refractivity (Wildman–Crippen MR) is 86.8 cm³/mol. The van der Waals surface area contributed by atoms with Gasteiger partial charge in [0.05, 0.1) is 11.8 Å². The summed E-state index contributed by atoms with van der Waals surface area (Å²) in [7, 11) is 0. The van der Waals surface area contributed by atoms with E-state index in [4.69, 9.17) is 9.84 Å². The SMILES string of the molecule is CCCNCCc1c(C)nn(CCCC2CCCO2)c1C. The first-order chi connectivity index (χ1) is 10.2. The van der Waals surface area contributed by atoms with E-state index in [1.54, 1.807) is 0 Å².